The Morgan fingerprint density at radius 1 is 1.21 bits per heavy atom. The number of hydrogen-bond donors (Lipinski definition) is 1. The second-order valence-corrected chi connectivity index (χ2v) is 2.80. The van der Waals surface area contributed by atoms with Gasteiger partial charge in [-0.2, -0.15) is 0 Å². The van der Waals surface area contributed by atoms with Gasteiger partial charge in [0.25, 0.3) is 0 Å². The molecule has 1 unspecified atom stereocenters. The molecule has 1 rings (SSSR count). The van der Waals surface area contributed by atoms with Gasteiger partial charge >= 0.3 is 0 Å². The highest BCUT2D eigenvalue weighted by Gasteiger charge is 2.04. The topological polar surface area (TPSA) is 12.0 Å². The summed E-state index contributed by atoms with van der Waals surface area (Å²) in [4.78, 5) is 0. The molecule has 1 N–H and O–H groups in total. The SMILES string of the molecule is CC.CCC(NC)c1ccc(F)cc1. The van der Waals surface area contributed by atoms with Crippen LogP contribution in [0.25, 0.3) is 0 Å². The predicted octanol–water partition coefficient (Wildman–Crippen LogP) is 3.52. The second kappa shape index (κ2) is 7.51. The molecule has 1 aromatic carbocycles. The third-order valence-electron chi connectivity index (χ3n) is 2.03. The van der Waals surface area contributed by atoms with Crippen molar-refractivity contribution in [3.63, 3.8) is 0 Å². The van der Waals surface area contributed by atoms with Crippen molar-refractivity contribution in [2.24, 2.45) is 0 Å². The highest BCUT2D eigenvalue weighted by atomic mass is 19.1. The first-order chi connectivity index (χ1) is 6.77. The normalized spacial score (nSPS) is 11.5. The maximum atomic E-state index is 12.5. The second-order valence-electron chi connectivity index (χ2n) is 2.80. The van der Waals surface area contributed by atoms with Crippen LogP contribution in [0.15, 0.2) is 24.3 Å². The predicted molar refractivity (Wildman–Crippen MR) is 59.8 cm³/mol. The molecule has 0 fully saturated rings. The van der Waals surface area contributed by atoms with E-state index in [2.05, 4.69) is 12.2 Å². The van der Waals surface area contributed by atoms with Gasteiger partial charge in [-0.3, -0.25) is 0 Å². The molecule has 0 spiro atoms. The van der Waals surface area contributed by atoms with Crippen molar-refractivity contribution in [2.45, 2.75) is 33.2 Å². The highest BCUT2D eigenvalue weighted by molar-refractivity contribution is 5.19. The first-order valence-electron chi connectivity index (χ1n) is 5.20. The Hall–Kier alpha value is -0.890. The summed E-state index contributed by atoms with van der Waals surface area (Å²) in [6, 6.07) is 6.97. The molecule has 14 heavy (non-hydrogen) atoms. The lowest BCUT2D eigenvalue weighted by molar-refractivity contribution is 0.572. The molecule has 0 saturated heterocycles. The third-order valence-corrected chi connectivity index (χ3v) is 2.03. The molecular weight excluding hydrogens is 177 g/mol. The summed E-state index contributed by atoms with van der Waals surface area (Å²) in [5.41, 5.74) is 1.14. The number of benzene rings is 1. The van der Waals surface area contributed by atoms with E-state index in [0.29, 0.717) is 6.04 Å². The van der Waals surface area contributed by atoms with Crippen molar-refractivity contribution in [3.8, 4) is 0 Å². The zero-order valence-corrected chi connectivity index (χ0v) is 9.47. The monoisotopic (exact) mass is 197 g/mol. The van der Waals surface area contributed by atoms with E-state index >= 15 is 0 Å². The van der Waals surface area contributed by atoms with Crippen LogP contribution in [0.4, 0.5) is 4.39 Å². The summed E-state index contributed by atoms with van der Waals surface area (Å²) in [6.07, 6.45) is 1.02. The van der Waals surface area contributed by atoms with Crippen LogP contribution in [0, 0.1) is 5.82 Å². The number of nitrogens with one attached hydrogen (secondary N) is 1. The zero-order valence-electron chi connectivity index (χ0n) is 9.47. The molecule has 0 amide bonds. The summed E-state index contributed by atoms with van der Waals surface area (Å²) in [5.74, 6) is -0.176. The number of halogens is 1. The van der Waals surface area contributed by atoms with Gasteiger partial charge < -0.3 is 5.32 Å². The lowest BCUT2D eigenvalue weighted by Crippen LogP contribution is -2.14. The summed E-state index contributed by atoms with van der Waals surface area (Å²) in [7, 11) is 1.91. The van der Waals surface area contributed by atoms with Gasteiger partial charge in [-0.05, 0) is 31.2 Å². The van der Waals surface area contributed by atoms with Gasteiger partial charge in [0.2, 0.25) is 0 Å². The Morgan fingerprint density at radius 2 is 1.71 bits per heavy atom. The fourth-order valence-corrected chi connectivity index (χ4v) is 1.30. The third kappa shape index (κ3) is 3.88. The van der Waals surface area contributed by atoms with Crippen LogP contribution in [0.3, 0.4) is 0 Å². The van der Waals surface area contributed by atoms with Gasteiger partial charge in [-0.1, -0.05) is 32.9 Å². The number of hydrogen-bond acceptors (Lipinski definition) is 1. The molecule has 0 heterocycles. The van der Waals surface area contributed by atoms with E-state index in [9.17, 15) is 4.39 Å². The Balaban J connectivity index is 0.000000791. The van der Waals surface area contributed by atoms with E-state index in [4.69, 9.17) is 0 Å². The molecule has 1 nitrogen and oxygen atoms in total. The molecule has 0 saturated carbocycles. The Bertz CT molecular complexity index is 227. The van der Waals surface area contributed by atoms with Gasteiger partial charge in [0.1, 0.15) is 5.82 Å². The number of rotatable bonds is 3. The van der Waals surface area contributed by atoms with E-state index in [1.54, 1.807) is 0 Å². The van der Waals surface area contributed by atoms with Crippen LogP contribution < -0.4 is 5.32 Å². The van der Waals surface area contributed by atoms with Crippen LogP contribution in [0.2, 0.25) is 0 Å². The average Bonchev–Trinajstić information content (AvgIpc) is 2.25. The van der Waals surface area contributed by atoms with Crippen molar-refractivity contribution in [2.75, 3.05) is 7.05 Å². The van der Waals surface area contributed by atoms with Gasteiger partial charge in [0.15, 0.2) is 0 Å². The molecule has 0 aliphatic heterocycles. The lowest BCUT2D eigenvalue weighted by Gasteiger charge is -2.13. The summed E-state index contributed by atoms with van der Waals surface area (Å²) >= 11 is 0. The van der Waals surface area contributed by atoms with Crippen molar-refractivity contribution < 1.29 is 4.39 Å². The molecule has 80 valence electrons. The quantitative estimate of drug-likeness (QED) is 0.781. The fourth-order valence-electron chi connectivity index (χ4n) is 1.30. The summed E-state index contributed by atoms with van der Waals surface area (Å²) < 4.78 is 12.5. The molecule has 1 atom stereocenters. The maximum Gasteiger partial charge on any atom is 0.123 e. The minimum absolute atomic E-state index is 0.176. The Labute approximate surface area is 86.3 Å². The van der Waals surface area contributed by atoms with E-state index in [1.165, 1.54) is 12.1 Å². The molecule has 0 radical (unpaired) electrons. The lowest BCUT2D eigenvalue weighted by atomic mass is 10.1. The highest BCUT2D eigenvalue weighted by Crippen LogP contribution is 2.15. The first-order valence-corrected chi connectivity index (χ1v) is 5.20. The van der Waals surface area contributed by atoms with E-state index < -0.39 is 0 Å². The Morgan fingerprint density at radius 3 is 2.07 bits per heavy atom. The van der Waals surface area contributed by atoms with Crippen LogP contribution in [0.1, 0.15) is 38.8 Å². The largest absolute Gasteiger partial charge is 0.313 e. The molecule has 0 aliphatic carbocycles. The maximum absolute atomic E-state index is 12.5. The minimum atomic E-state index is -0.176. The molecule has 0 aromatic heterocycles. The minimum Gasteiger partial charge on any atom is -0.313 e. The molecule has 1 aromatic rings. The average molecular weight is 197 g/mol. The van der Waals surface area contributed by atoms with Gasteiger partial charge in [-0.15, -0.1) is 0 Å². The van der Waals surface area contributed by atoms with Crippen molar-refractivity contribution in [1.29, 1.82) is 0 Å². The fraction of sp³-hybridized carbons (Fsp3) is 0.500. The molecule has 0 bridgehead atoms. The molecule has 0 aliphatic rings. The van der Waals surface area contributed by atoms with Gasteiger partial charge in [0, 0.05) is 6.04 Å². The van der Waals surface area contributed by atoms with Crippen molar-refractivity contribution in [1.82, 2.24) is 5.32 Å². The van der Waals surface area contributed by atoms with Crippen LogP contribution >= 0.6 is 0 Å². The van der Waals surface area contributed by atoms with Gasteiger partial charge in [0.05, 0.1) is 0 Å². The Kier molecular flexibility index (Phi) is 7.03. The summed E-state index contributed by atoms with van der Waals surface area (Å²) in [6.45, 7) is 6.10. The van der Waals surface area contributed by atoms with Gasteiger partial charge in [-0.25, -0.2) is 4.39 Å². The van der Waals surface area contributed by atoms with Crippen LogP contribution in [-0.4, -0.2) is 7.05 Å². The molecule has 2 heteroatoms. The van der Waals surface area contributed by atoms with E-state index in [-0.39, 0.29) is 5.82 Å². The van der Waals surface area contributed by atoms with Crippen molar-refractivity contribution >= 4 is 0 Å². The van der Waals surface area contributed by atoms with Crippen LogP contribution in [-0.2, 0) is 0 Å². The smallest absolute Gasteiger partial charge is 0.123 e. The standard InChI is InChI=1S/C10H14FN.C2H6/c1-3-10(12-2)8-4-6-9(11)7-5-8;1-2/h4-7,10,12H,3H2,1-2H3;1-2H3. The summed E-state index contributed by atoms with van der Waals surface area (Å²) in [5, 5.41) is 3.17. The van der Waals surface area contributed by atoms with E-state index in [1.807, 2.05) is 33.0 Å². The molecular formula is C12H20FN. The van der Waals surface area contributed by atoms with Crippen LogP contribution in [0.5, 0.6) is 0 Å². The zero-order chi connectivity index (χ0) is 11.0. The van der Waals surface area contributed by atoms with Crippen molar-refractivity contribution in [3.05, 3.63) is 35.6 Å². The first kappa shape index (κ1) is 13.1. The van der Waals surface area contributed by atoms with E-state index in [0.717, 1.165) is 12.0 Å².